The highest BCUT2D eigenvalue weighted by molar-refractivity contribution is 8.03. The Morgan fingerprint density at radius 3 is 2.70 bits per heavy atom. The molecule has 0 aliphatic carbocycles. The number of carbonyl (C=O) groups is 3. The van der Waals surface area contributed by atoms with Crippen LogP contribution < -0.4 is 5.32 Å². The van der Waals surface area contributed by atoms with E-state index in [1.165, 1.54) is 39.8 Å². The van der Waals surface area contributed by atoms with Crippen LogP contribution in [0.3, 0.4) is 0 Å². The summed E-state index contributed by atoms with van der Waals surface area (Å²) in [6, 6.07) is 7.50. The zero-order chi connectivity index (χ0) is 21.3. The molecule has 1 saturated heterocycles. The third kappa shape index (κ3) is 4.23. The summed E-state index contributed by atoms with van der Waals surface area (Å²) in [7, 11) is 0. The molecular weight excluding hydrogens is 444 g/mol. The van der Waals surface area contributed by atoms with E-state index in [0.717, 1.165) is 14.9 Å². The molecule has 3 heterocycles. The number of rotatable bonds is 7. The molecule has 0 saturated carbocycles. The number of aryl methyl sites for hydroxylation is 1. The second-order valence-electron chi connectivity index (χ2n) is 6.79. The summed E-state index contributed by atoms with van der Waals surface area (Å²) in [5, 5.41) is 22.7. The molecule has 1 aromatic carbocycles. The Hall–Kier alpha value is -2.37. The molecule has 0 spiro atoms. The molecule has 11 heteroatoms. The van der Waals surface area contributed by atoms with Gasteiger partial charge >= 0.3 is 5.97 Å². The molecule has 1 aromatic heterocycles. The quantitative estimate of drug-likeness (QED) is 0.474. The van der Waals surface area contributed by atoms with Gasteiger partial charge in [0.1, 0.15) is 16.4 Å². The van der Waals surface area contributed by atoms with E-state index in [2.05, 4.69) is 15.5 Å². The average Bonchev–Trinajstić information content (AvgIpc) is 3.15. The monoisotopic (exact) mass is 462 g/mol. The summed E-state index contributed by atoms with van der Waals surface area (Å²) in [4.78, 5) is 38.3. The van der Waals surface area contributed by atoms with Crippen molar-refractivity contribution < 1.29 is 19.5 Å². The molecule has 2 aliphatic heterocycles. The molecule has 2 aromatic rings. The molecule has 3 atom stereocenters. The van der Waals surface area contributed by atoms with E-state index < -0.39 is 23.4 Å². The van der Waals surface area contributed by atoms with Gasteiger partial charge in [0.25, 0.3) is 0 Å². The number of carboxylic acid groups (broad SMARTS) is 1. The number of hydrogen-bond donors (Lipinski definition) is 2. The van der Waals surface area contributed by atoms with Gasteiger partial charge in [-0.05, 0) is 23.5 Å². The van der Waals surface area contributed by atoms with Gasteiger partial charge in [-0.15, -0.1) is 22.0 Å². The van der Waals surface area contributed by atoms with Gasteiger partial charge < -0.3 is 15.3 Å². The molecule has 2 aliphatic rings. The largest absolute Gasteiger partial charge is 0.479 e. The maximum Gasteiger partial charge on any atom is 0.330 e. The van der Waals surface area contributed by atoms with Crippen LogP contribution in [0.4, 0.5) is 0 Å². The van der Waals surface area contributed by atoms with E-state index in [-0.39, 0.29) is 18.2 Å². The Morgan fingerprint density at radius 2 is 2.03 bits per heavy atom. The van der Waals surface area contributed by atoms with Gasteiger partial charge in [0.2, 0.25) is 11.8 Å². The molecule has 0 bridgehead atoms. The van der Waals surface area contributed by atoms with Crippen molar-refractivity contribution in [3.63, 3.8) is 0 Å². The first-order chi connectivity index (χ1) is 14.4. The SMILES string of the molecule is Cc1nnc(SCC2=CS[C@@H]3[C@H](NC(=O)Cc4ccccc4)C(=O)N3[C@H]2C(=O)O)s1. The molecule has 0 unspecified atom stereocenters. The summed E-state index contributed by atoms with van der Waals surface area (Å²) < 4.78 is 0.755. The first kappa shape index (κ1) is 20.9. The van der Waals surface area contributed by atoms with Gasteiger partial charge in [-0.2, -0.15) is 0 Å². The van der Waals surface area contributed by atoms with E-state index in [1.54, 1.807) is 5.41 Å². The van der Waals surface area contributed by atoms with Crippen molar-refractivity contribution >= 4 is 52.6 Å². The number of thioether (sulfide) groups is 2. The Kier molecular flexibility index (Phi) is 6.11. The van der Waals surface area contributed by atoms with Crippen molar-refractivity contribution in [2.24, 2.45) is 0 Å². The normalized spacial score (nSPS) is 22.7. The molecule has 156 valence electrons. The highest BCUT2D eigenvalue weighted by Crippen LogP contribution is 2.41. The van der Waals surface area contributed by atoms with Gasteiger partial charge in [0, 0.05) is 5.75 Å². The van der Waals surface area contributed by atoms with Crippen LogP contribution in [0.5, 0.6) is 0 Å². The van der Waals surface area contributed by atoms with Crippen LogP contribution in [-0.4, -0.2) is 61.2 Å². The highest BCUT2D eigenvalue weighted by atomic mass is 32.2. The lowest BCUT2D eigenvalue weighted by Crippen LogP contribution is -2.74. The van der Waals surface area contributed by atoms with Crippen molar-refractivity contribution in [1.29, 1.82) is 0 Å². The van der Waals surface area contributed by atoms with Crippen molar-refractivity contribution in [1.82, 2.24) is 20.4 Å². The maximum atomic E-state index is 12.7. The summed E-state index contributed by atoms with van der Waals surface area (Å²) in [5.74, 6) is -1.31. The zero-order valence-electron chi connectivity index (χ0n) is 15.8. The number of benzene rings is 1. The molecule has 30 heavy (non-hydrogen) atoms. The summed E-state index contributed by atoms with van der Waals surface area (Å²) in [5.41, 5.74) is 1.48. The third-order valence-corrected chi connectivity index (χ3v) is 7.96. The van der Waals surface area contributed by atoms with Crippen LogP contribution in [0.25, 0.3) is 0 Å². The average molecular weight is 463 g/mol. The lowest BCUT2D eigenvalue weighted by atomic mass is 9.98. The highest BCUT2D eigenvalue weighted by Gasteiger charge is 2.55. The van der Waals surface area contributed by atoms with Gasteiger partial charge in [-0.25, -0.2) is 4.79 Å². The molecular formula is C19H18N4O4S3. The number of carboxylic acids is 1. The standard InChI is InChI=1S/C19H18N4O4S3/c1-10-21-22-19(30-10)29-9-12-8-28-17-14(16(25)23(17)15(12)18(26)27)20-13(24)7-11-5-3-2-4-6-11/h2-6,8,14-15,17H,7,9H2,1H3,(H,20,24)(H,26,27)/t14-,15-,17-/m1/s1. The Labute approximate surface area is 185 Å². The van der Waals surface area contributed by atoms with Gasteiger partial charge in [0.15, 0.2) is 10.4 Å². The first-order valence-corrected chi connectivity index (χ1v) is 11.8. The van der Waals surface area contributed by atoms with Crippen molar-refractivity contribution in [3.05, 3.63) is 51.9 Å². The van der Waals surface area contributed by atoms with Gasteiger partial charge in [0.05, 0.1) is 6.42 Å². The van der Waals surface area contributed by atoms with Crippen molar-refractivity contribution in [3.8, 4) is 0 Å². The number of nitrogens with zero attached hydrogens (tertiary/aromatic N) is 3. The third-order valence-electron chi connectivity index (χ3n) is 4.70. The number of carbonyl (C=O) groups excluding carboxylic acids is 2. The number of β-lactam (4-membered cyclic amide) rings is 1. The first-order valence-electron chi connectivity index (χ1n) is 9.09. The number of aliphatic carboxylic acids is 1. The predicted octanol–water partition coefficient (Wildman–Crippen LogP) is 1.92. The second-order valence-corrected chi connectivity index (χ2v) is 10.2. The number of hydrogen-bond acceptors (Lipinski definition) is 8. The van der Waals surface area contributed by atoms with Crippen LogP contribution in [0.15, 0.2) is 45.7 Å². The van der Waals surface area contributed by atoms with Gasteiger partial charge in [-0.1, -0.05) is 53.4 Å². The van der Waals surface area contributed by atoms with Crippen LogP contribution in [0.2, 0.25) is 0 Å². The van der Waals surface area contributed by atoms with E-state index in [9.17, 15) is 19.5 Å². The summed E-state index contributed by atoms with van der Waals surface area (Å²) >= 11 is 4.21. The Balaban J connectivity index is 1.41. The number of aromatic nitrogens is 2. The zero-order valence-corrected chi connectivity index (χ0v) is 18.3. The topological polar surface area (TPSA) is 112 Å². The minimum atomic E-state index is -1.08. The molecule has 2 amide bonds. The van der Waals surface area contributed by atoms with Crippen LogP contribution in [0, 0.1) is 6.92 Å². The molecule has 4 rings (SSSR count). The smallest absolute Gasteiger partial charge is 0.330 e. The van der Waals surface area contributed by atoms with E-state index in [1.807, 2.05) is 37.3 Å². The summed E-state index contributed by atoms with van der Waals surface area (Å²) in [6.07, 6.45) is 0.170. The molecule has 8 nitrogen and oxygen atoms in total. The fourth-order valence-corrected chi connectivity index (χ4v) is 6.47. The van der Waals surface area contributed by atoms with Crippen LogP contribution >= 0.6 is 34.9 Å². The maximum absolute atomic E-state index is 12.7. The van der Waals surface area contributed by atoms with E-state index >= 15 is 0 Å². The minimum absolute atomic E-state index is 0.170. The van der Waals surface area contributed by atoms with Gasteiger partial charge in [-0.3, -0.25) is 9.59 Å². The number of fused-ring (bicyclic) bond motifs is 1. The van der Waals surface area contributed by atoms with Crippen molar-refractivity contribution in [2.45, 2.75) is 35.1 Å². The van der Waals surface area contributed by atoms with Crippen LogP contribution in [-0.2, 0) is 20.8 Å². The predicted molar refractivity (Wildman–Crippen MR) is 115 cm³/mol. The lowest BCUT2D eigenvalue weighted by Gasteiger charge is -2.51. The Morgan fingerprint density at radius 1 is 1.27 bits per heavy atom. The van der Waals surface area contributed by atoms with E-state index in [4.69, 9.17) is 0 Å². The fourth-order valence-electron chi connectivity index (χ4n) is 3.32. The number of amides is 2. The molecule has 1 fully saturated rings. The fraction of sp³-hybridized carbons (Fsp3) is 0.316. The number of nitrogens with one attached hydrogen (secondary N) is 1. The minimum Gasteiger partial charge on any atom is -0.479 e. The Bertz CT molecular complexity index is 1010. The molecule has 0 radical (unpaired) electrons. The molecule has 2 N–H and O–H groups in total. The second kappa shape index (κ2) is 8.78. The lowest BCUT2D eigenvalue weighted by molar-refractivity contribution is -0.160. The summed E-state index contributed by atoms with van der Waals surface area (Å²) in [6.45, 7) is 1.85. The van der Waals surface area contributed by atoms with Crippen LogP contribution in [0.1, 0.15) is 10.6 Å². The van der Waals surface area contributed by atoms with E-state index in [0.29, 0.717) is 11.3 Å². The van der Waals surface area contributed by atoms with Crippen molar-refractivity contribution in [2.75, 3.05) is 5.75 Å².